The van der Waals surface area contributed by atoms with Gasteiger partial charge in [-0.15, -0.1) is 0 Å². The van der Waals surface area contributed by atoms with Crippen molar-refractivity contribution < 1.29 is 14.1 Å². The maximum absolute atomic E-state index is 13.3. The molecule has 5 nitrogen and oxygen atoms in total. The molecule has 0 aliphatic carbocycles. The summed E-state index contributed by atoms with van der Waals surface area (Å²) < 4.78 is 18.8. The summed E-state index contributed by atoms with van der Waals surface area (Å²) >= 11 is 3.03. The van der Waals surface area contributed by atoms with Gasteiger partial charge in [-0.3, -0.25) is 10.1 Å². The zero-order valence-electron chi connectivity index (χ0n) is 9.70. The van der Waals surface area contributed by atoms with E-state index >= 15 is 0 Å². The van der Waals surface area contributed by atoms with Crippen molar-refractivity contribution in [1.82, 2.24) is 0 Å². The summed E-state index contributed by atoms with van der Waals surface area (Å²) in [4.78, 5) is 10.3. The molecule has 98 valence electrons. The molecule has 1 N–H and O–H groups in total. The monoisotopic (exact) mass is 318 g/mol. The highest BCUT2D eigenvalue weighted by molar-refractivity contribution is 9.10. The number of hydrogen-bond acceptors (Lipinski definition) is 4. The number of rotatable bonds is 3. The summed E-state index contributed by atoms with van der Waals surface area (Å²) in [6.45, 7) is 3.00. The first-order valence-electron chi connectivity index (χ1n) is 5.41. The molecular formula is C11H12BrFN2O3. The fourth-order valence-corrected chi connectivity index (χ4v) is 2.22. The van der Waals surface area contributed by atoms with Crippen molar-refractivity contribution in [3.63, 3.8) is 0 Å². The molecule has 0 amide bonds. The lowest BCUT2D eigenvalue weighted by Crippen LogP contribution is -2.35. The normalized spacial score (nSPS) is 23.1. The number of hydrogen-bond donors (Lipinski definition) is 1. The maximum atomic E-state index is 13.3. The number of benzene rings is 1. The Kier molecular flexibility index (Phi) is 3.54. The minimum absolute atomic E-state index is 0.193. The molecule has 1 saturated heterocycles. The highest BCUT2D eigenvalue weighted by Crippen LogP contribution is 2.34. The average Bonchev–Trinajstić information content (AvgIpc) is 2.69. The number of anilines is 1. The molecule has 1 atom stereocenters. The molecule has 1 aromatic carbocycles. The summed E-state index contributed by atoms with van der Waals surface area (Å²) in [5.74, 6) is -0.653. The third-order valence-electron chi connectivity index (χ3n) is 2.89. The SMILES string of the molecule is CC1(Nc2cc(Br)c(F)cc2[N+](=O)[O-])CCOC1. The van der Waals surface area contributed by atoms with E-state index in [1.54, 1.807) is 0 Å². The van der Waals surface area contributed by atoms with Crippen molar-refractivity contribution in [2.24, 2.45) is 0 Å². The largest absolute Gasteiger partial charge is 0.379 e. The van der Waals surface area contributed by atoms with Gasteiger partial charge in [0.2, 0.25) is 0 Å². The summed E-state index contributed by atoms with van der Waals surface area (Å²) in [6.07, 6.45) is 0.749. The molecule has 2 rings (SSSR count). The second kappa shape index (κ2) is 4.81. The molecule has 0 radical (unpaired) electrons. The molecule has 7 heteroatoms. The second-order valence-electron chi connectivity index (χ2n) is 4.53. The van der Waals surface area contributed by atoms with E-state index in [9.17, 15) is 14.5 Å². The fraction of sp³-hybridized carbons (Fsp3) is 0.455. The quantitative estimate of drug-likeness (QED) is 0.687. The maximum Gasteiger partial charge on any atom is 0.295 e. The average molecular weight is 319 g/mol. The minimum atomic E-state index is -0.653. The van der Waals surface area contributed by atoms with Gasteiger partial charge >= 0.3 is 0 Å². The van der Waals surface area contributed by atoms with E-state index in [1.165, 1.54) is 6.07 Å². The molecule has 1 aliphatic heterocycles. The number of nitrogens with zero attached hydrogens (tertiary/aromatic N) is 1. The Balaban J connectivity index is 2.36. The zero-order valence-corrected chi connectivity index (χ0v) is 11.3. The number of nitro benzene ring substituents is 1. The summed E-state index contributed by atoms with van der Waals surface area (Å²) in [5.41, 5.74) is -0.340. The number of nitrogens with one attached hydrogen (secondary N) is 1. The van der Waals surface area contributed by atoms with Crippen LogP contribution in [0.2, 0.25) is 0 Å². The van der Waals surface area contributed by atoms with E-state index in [4.69, 9.17) is 4.74 Å². The first-order chi connectivity index (χ1) is 8.41. The third kappa shape index (κ3) is 2.62. The second-order valence-corrected chi connectivity index (χ2v) is 5.38. The number of halogens is 2. The highest BCUT2D eigenvalue weighted by Gasteiger charge is 2.32. The van der Waals surface area contributed by atoms with Crippen LogP contribution in [-0.2, 0) is 4.74 Å². The zero-order chi connectivity index (χ0) is 13.3. The van der Waals surface area contributed by atoms with Gasteiger partial charge in [0, 0.05) is 6.61 Å². The summed E-state index contributed by atoms with van der Waals surface area (Å²) in [5, 5.41) is 14.0. The smallest absolute Gasteiger partial charge is 0.295 e. The predicted molar refractivity (Wildman–Crippen MR) is 68.2 cm³/mol. The van der Waals surface area contributed by atoms with E-state index in [-0.39, 0.29) is 15.7 Å². The molecule has 1 unspecified atom stereocenters. The van der Waals surface area contributed by atoms with E-state index in [0.29, 0.717) is 18.9 Å². The van der Waals surface area contributed by atoms with Gasteiger partial charge in [-0.2, -0.15) is 0 Å². The molecule has 0 aromatic heterocycles. The van der Waals surface area contributed by atoms with Gasteiger partial charge in [0.05, 0.1) is 27.6 Å². The van der Waals surface area contributed by atoms with E-state index in [2.05, 4.69) is 21.2 Å². The van der Waals surface area contributed by atoms with Crippen LogP contribution in [0.4, 0.5) is 15.8 Å². The van der Waals surface area contributed by atoms with Crippen LogP contribution in [0.5, 0.6) is 0 Å². The minimum Gasteiger partial charge on any atom is -0.379 e. The molecule has 1 aromatic rings. The van der Waals surface area contributed by atoms with E-state index in [0.717, 1.165) is 12.5 Å². The van der Waals surface area contributed by atoms with Crippen molar-refractivity contribution in [3.8, 4) is 0 Å². The van der Waals surface area contributed by atoms with Crippen LogP contribution in [-0.4, -0.2) is 23.7 Å². The predicted octanol–water partition coefficient (Wildman–Crippen LogP) is 3.09. The Labute approximate surface area is 112 Å². The van der Waals surface area contributed by atoms with Crippen molar-refractivity contribution >= 4 is 27.3 Å². The third-order valence-corrected chi connectivity index (χ3v) is 3.50. The van der Waals surface area contributed by atoms with Crippen LogP contribution in [0, 0.1) is 15.9 Å². The van der Waals surface area contributed by atoms with Gasteiger partial charge in [-0.25, -0.2) is 4.39 Å². The lowest BCUT2D eigenvalue weighted by molar-refractivity contribution is -0.384. The van der Waals surface area contributed by atoms with Crippen LogP contribution >= 0.6 is 15.9 Å². The lowest BCUT2D eigenvalue weighted by Gasteiger charge is -2.24. The standard InChI is InChI=1S/C11H12BrFN2O3/c1-11(2-3-18-6-11)14-9-4-7(12)8(13)5-10(9)15(16)17/h4-5,14H,2-3,6H2,1H3. The lowest BCUT2D eigenvalue weighted by atomic mass is 10.0. The highest BCUT2D eigenvalue weighted by atomic mass is 79.9. The summed E-state index contributed by atoms with van der Waals surface area (Å²) in [7, 11) is 0. The Hall–Kier alpha value is -1.21. The van der Waals surface area contributed by atoms with Crippen molar-refractivity contribution in [2.75, 3.05) is 18.5 Å². The molecule has 0 saturated carbocycles. The van der Waals surface area contributed by atoms with Gasteiger partial charge in [-0.1, -0.05) is 0 Å². The molecule has 1 heterocycles. The van der Waals surface area contributed by atoms with Gasteiger partial charge in [0.25, 0.3) is 5.69 Å². The Morgan fingerprint density at radius 1 is 1.61 bits per heavy atom. The Morgan fingerprint density at radius 3 is 2.89 bits per heavy atom. The Morgan fingerprint density at radius 2 is 2.33 bits per heavy atom. The van der Waals surface area contributed by atoms with Crippen LogP contribution in [0.15, 0.2) is 16.6 Å². The van der Waals surface area contributed by atoms with Crippen molar-refractivity contribution in [2.45, 2.75) is 18.9 Å². The van der Waals surface area contributed by atoms with Crippen molar-refractivity contribution in [3.05, 3.63) is 32.5 Å². The molecule has 18 heavy (non-hydrogen) atoms. The fourth-order valence-electron chi connectivity index (χ4n) is 1.88. The van der Waals surface area contributed by atoms with Gasteiger partial charge in [0.1, 0.15) is 11.5 Å². The van der Waals surface area contributed by atoms with Crippen LogP contribution < -0.4 is 5.32 Å². The molecule has 0 spiro atoms. The van der Waals surface area contributed by atoms with Crippen LogP contribution in [0.25, 0.3) is 0 Å². The molecule has 1 aliphatic rings. The first kappa shape index (κ1) is 13.2. The van der Waals surface area contributed by atoms with Gasteiger partial charge < -0.3 is 10.1 Å². The first-order valence-corrected chi connectivity index (χ1v) is 6.20. The van der Waals surface area contributed by atoms with Crippen LogP contribution in [0.1, 0.15) is 13.3 Å². The number of ether oxygens (including phenoxy) is 1. The van der Waals surface area contributed by atoms with E-state index < -0.39 is 10.7 Å². The van der Waals surface area contributed by atoms with Crippen molar-refractivity contribution in [1.29, 1.82) is 0 Å². The molecular weight excluding hydrogens is 307 g/mol. The van der Waals surface area contributed by atoms with Gasteiger partial charge in [0.15, 0.2) is 0 Å². The van der Waals surface area contributed by atoms with E-state index in [1.807, 2.05) is 6.92 Å². The van der Waals surface area contributed by atoms with Crippen LogP contribution in [0.3, 0.4) is 0 Å². The van der Waals surface area contributed by atoms with Gasteiger partial charge in [-0.05, 0) is 35.3 Å². The number of nitro groups is 1. The topological polar surface area (TPSA) is 64.4 Å². The Bertz CT molecular complexity index is 489. The molecule has 1 fully saturated rings. The summed E-state index contributed by atoms with van der Waals surface area (Å²) in [6, 6.07) is 2.29. The molecule has 0 bridgehead atoms.